The number of phenols is 2. The Bertz CT molecular complexity index is 892. The molecule has 3 aromatic rings. The molecule has 0 saturated carbocycles. The van der Waals surface area contributed by atoms with Crippen molar-refractivity contribution in [1.82, 2.24) is 9.97 Å². The molecule has 1 saturated heterocycles. The average molecular weight is 323 g/mol. The van der Waals surface area contributed by atoms with Gasteiger partial charge in [0.05, 0.1) is 30.4 Å². The first-order valence-corrected chi connectivity index (χ1v) is 7.82. The molecular formula is C18H17N3O3. The molecule has 0 unspecified atom stereocenters. The number of nitrogens with zero attached hydrogens (tertiary/aromatic N) is 3. The highest BCUT2D eigenvalue weighted by Crippen LogP contribution is 2.33. The van der Waals surface area contributed by atoms with E-state index < -0.39 is 0 Å². The fraction of sp³-hybridized carbons (Fsp3) is 0.222. The number of morpholine rings is 1. The number of benzene rings is 2. The minimum absolute atomic E-state index is 0.0337. The van der Waals surface area contributed by atoms with E-state index in [1.54, 1.807) is 18.3 Å². The van der Waals surface area contributed by atoms with Crippen LogP contribution in [0.3, 0.4) is 0 Å². The van der Waals surface area contributed by atoms with Crippen molar-refractivity contribution in [3.8, 4) is 22.6 Å². The molecule has 0 amide bonds. The van der Waals surface area contributed by atoms with Gasteiger partial charge in [0.15, 0.2) is 0 Å². The van der Waals surface area contributed by atoms with Gasteiger partial charge in [0.1, 0.15) is 17.3 Å². The van der Waals surface area contributed by atoms with Crippen LogP contribution >= 0.6 is 0 Å². The third kappa shape index (κ3) is 2.72. The van der Waals surface area contributed by atoms with Crippen molar-refractivity contribution >= 4 is 16.9 Å². The van der Waals surface area contributed by atoms with E-state index in [1.807, 2.05) is 18.2 Å². The largest absolute Gasteiger partial charge is 0.508 e. The number of aromatic hydroxyl groups is 2. The minimum Gasteiger partial charge on any atom is -0.508 e. The second-order valence-electron chi connectivity index (χ2n) is 5.73. The summed E-state index contributed by atoms with van der Waals surface area (Å²) in [5, 5.41) is 19.5. The Labute approximate surface area is 139 Å². The van der Waals surface area contributed by atoms with Crippen LogP contribution in [0.2, 0.25) is 0 Å². The van der Waals surface area contributed by atoms with Gasteiger partial charge in [-0.05, 0) is 29.8 Å². The normalized spacial score (nSPS) is 14.9. The smallest absolute Gasteiger partial charge is 0.148 e. The van der Waals surface area contributed by atoms with Crippen LogP contribution < -0.4 is 4.90 Å². The van der Waals surface area contributed by atoms with E-state index >= 15 is 0 Å². The lowest BCUT2D eigenvalue weighted by Crippen LogP contribution is -2.36. The molecule has 6 nitrogen and oxygen atoms in total. The monoisotopic (exact) mass is 323 g/mol. The highest BCUT2D eigenvalue weighted by atomic mass is 16.5. The number of hydrogen-bond donors (Lipinski definition) is 2. The molecule has 0 spiro atoms. The van der Waals surface area contributed by atoms with Gasteiger partial charge in [0.25, 0.3) is 0 Å². The second kappa shape index (κ2) is 5.98. The van der Waals surface area contributed by atoms with Crippen LogP contribution in [-0.2, 0) is 4.74 Å². The van der Waals surface area contributed by atoms with Gasteiger partial charge in [0.2, 0.25) is 0 Å². The lowest BCUT2D eigenvalue weighted by atomic mass is 10.0. The lowest BCUT2D eigenvalue weighted by molar-refractivity contribution is 0.122. The Morgan fingerprint density at radius 3 is 2.58 bits per heavy atom. The molecule has 24 heavy (non-hydrogen) atoms. The minimum atomic E-state index is 0.0337. The summed E-state index contributed by atoms with van der Waals surface area (Å²) < 4.78 is 5.37. The molecule has 0 atom stereocenters. The van der Waals surface area contributed by atoms with Crippen molar-refractivity contribution in [2.75, 3.05) is 31.2 Å². The zero-order valence-corrected chi connectivity index (χ0v) is 13.0. The molecule has 1 aliphatic heterocycles. The second-order valence-corrected chi connectivity index (χ2v) is 5.73. The van der Waals surface area contributed by atoms with Crippen LogP contribution in [0.25, 0.3) is 22.2 Å². The molecular weight excluding hydrogens is 306 g/mol. The molecule has 0 bridgehead atoms. The molecule has 2 heterocycles. The van der Waals surface area contributed by atoms with Crippen LogP contribution in [0.4, 0.5) is 5.82 Å². The van der Waals surface area contributed by atoms with Gasteiger partial charge in [-0.15, -0.1) is 0 Å². The maximum Gasteiger partial charge on any atom is 0.148 e. The molecule has 6 heteroatoms. The van der Waals surface area contributed by atoms with Crippen LogP contribution in [0, 0.1) is 0 Å². The van der Waals surface area contributed by atoms with E-state index in [-0.39, 0.29) is 11.5 Å². The Morgan fingerprint density at radius 2 is 1.79 bits per heavy atom. The quantitative estimate of drug-likeness (QED) is 0.754. The summed E-state index contributed by atoms with van der Waals surface area (Å²) in [6.07, 6.45) is 1.78. The molecule has 122 valence electrons. The van der Waals surface area contributed by atoms with Crippen molar-refractivity contribution in [3.63, 3.8) is 0 Å². The molecule has 0 radical (unpaired) electrons. The molecule has 0 aliphatic carbocycles. The summed E-state index contributed by atoms with van der Waals surface area (Å²) in [7, 11) is 0. The first-order valence-electron chi connectivity index (χ1n) is 7.82. The summed E-state index contributed by atoms with van der Waals surface area (Å²) in [5.74, 6) is 0.899. The first kappa shape index (κ1) is 14.7. The summed E-state index contributed by atoms with van der Waals surface area (Å²) in [4.78, 5) is 11.3. The van der Waals surface area contributed by atoms with Crippen molar-refractivity contribution in [2.24, 2.45) is 0 Å². The molecule has 1 fully saturated rings. The van der Waals surface area contributed by atoms with Crippen molar-refractivity contribution < 1.29 is 14.9 Å². The third-order valence-corrected chi connectivity index (χ3v) is 4.16. The lowest BCUT2D eigenvalue weighted by Gasteiger charge is -2.27. The number of phenolic OH excluding ortho intramolecular Hbond substituents is 2. The number of aromatic nitrogens is 2. The topological polar surface area (TPSA) is 78.7 Å². The van der Waals surface area contributed by atoms with Gasteiger partial charge >= 0.3 is 0 Å². The molecule has 2 aromatic carbocycles. The number of hydrogen-bond acceptors (Lipinski definition) is 6. The summed E-state index contributed by atoms with van der Waals surface area (Å²) in [5.41, 5.74) is 3.04. The predicted molar refractivity (Wildman–Crippen MR) is 91.3 cm³/mol. The van der Waals surface area contributed by atoms with E-state index in [0.717, 1.165) is 35.5 Å². The maximum absolute atomic E-state index is 10.1. The van der Waals surface area contributed by atoms with Gasteiger partial charge in [-0.1, -0.05) is 6.07 Å². The van der Waals surface area contributed by atoms with Gasteiger partial charge in [0, 0.05) is 24.7 Å². The third-order valence-electron chi connectivity index (χ3n) is 4.16. The Kier molecular flexibility index (Phi) is 3.66. The number of anilines is 1. The van der Waals surface area contributed by atoms with Gasteiger partial charge < -0.3 is 19.8 Å². The fourth-order valence-electron chi connectivity index (χ4n) is 2.88. The summed E-state index contributed by atoms with van der Waals surface area (Å²) in [6.45, 7) is 3.00. The highest BCUT2D eigenvalue weighted by Gasteiger charge is 2.14. The fourth-order valence-corrected chi connectivity index (χ4v) is 2.88. The first-order chi connectivity index (χ1) is 11.7. The van der Waals surface area contributed by atoms with E-state index in [4.69, 9.17) is 9.72 Å². The van der Waals surface area contributed by atoms with E-state index in [9.17, 15) is 10.2 Å². The van der Waals surface area contributed by atoms with E-state index in [0.29, 0.717) is 18.8 Å². The van der Waals surface area contributed by atoms with Crippen LogP contribution in [0.5, 0.6) is 11.5 Å². The van der Waals surface area contributed by atoms with Crippen LogP contribution in [0.15, 0.2) is 42.6 Å². The van der Waals surface area contributed by atoms with Crippen LogP contribution in [-0.4, -0.2) is 46.5 Å². The number of ether oxygens (including phenoxy) is 1. The van der Waals surface area contributed by atoms with Gasteiger partial charge in [-0.3, -0.25) is 4.98 Å². The predicted octanol–water partition coefficient (Wildman–Crippen LogP) is 2.54. The maximum atomic E-state index is 10.1. The summed E-state index contributed by atoms with van der Waals surface area (Å²) in [6, 6.07) is 10.2. The van der Waals surface area contributed by atoms with Crippen LogP contribution in [0.1, 0.15) is 0 Å². The number of fused-ring (bicyclic) bond motifs is 1. The van der Waals surface area contributed by atoms with E-state index in [2.05, 4.69) is 9.88 Å². The molecule has 2 N–H and O–H groups in total. The average Bonchev–Trinajstić information content (AvgIpc) is 2.61. The van der Waals surface area contributed by atoms with E-state index in [1.165, 1.54) is 6.07 Å². The van der Waals surface area contributed by atoms with Crippen molar-refractivity contribution in [1.29, 1.82) is 0 Å². The van der Waals surface area contributed by atoms with Gasteiger partial charge in [-0.2, -0.15) is 0 Å². The van der Waals surface area contributed by atoms with Crippen molar-refractivity contribution in [3.05, 3.63) is 42.6 Å². The Balaban J connectivity index is 1.75. The zero-order chi connectivity index (χ0) is 16.5. The Hall–Kier alpha value is -2.86. The molecule has 4 rings (SSSR count). The number of rotatable bonds is 2. The zero-order valence-electron chi connectivity index (χ0n) is 13.0. The SMILES string of the molecule is Oc1ccc(-c2ccc3ncc(N4CCOCC4)nc3c2)c(O)c1. The van der Waals surface area contributed by atoms with Gasteiger partial charge in [-0.25, -0.2) is 4.98 Å². The van der Waals surface area contributed by atoms with Crippen molar-refractivity contribution in [2.45, 2.75) is 0 Å². The molecule has 1 aliphatic rings. The summed E-state index contributed by atoms with van der Waals surface area (Å²) >= 11 is 0. The Morgan fingerprint density at radius 1 is 0.958 bits per heavy atom. The molecule has 1 aromatic heterocycles. The highest BCUT2D eigenvalue weighted by molar-refractivity contribution is 5.84. The standard InChI is InChI=1S/C18H17N3O3/c22-13-2-3-14(17(23)10-13)12-1-4-15-16(9-12)20-18(11-19-15)21-5-7-24-8-6-21/h1-4,9-11,22-23H,5-8H2.